The third kappa shape index (κ3) is 5.63. The SMILES string of the molecule is CCC[C@@H]1C=C[C@H]2[C@@H](C(=O)N([C@H](CO)c3ccccc3)[C@@H]2C(=O)Nc2ccc(N(CC)CC)cc2)[C@@H]1C(=O)NC. The van der Waals surface area contributed by atoms with Gasteiger partial charge in [-0.25, -0.2) is 0 Å². The quantitative estimate of drug-likeness (QED) is 0.370. The Morgan fingerprint density at radius 2 is 1.65 bits per heavy atom. The zero-order valence-corrected chi connectivity index (χ0v) is 23.9. The number of aliphatic hydroxyl groups is 1. The number of anilines is 2. The molecule has 6 atom stereocenters. The van der Waals surface area contributed by atoms with E-state index in [0.717, 1.165) is 37.2 Å². The van der Waals surface area contributed by atoms with Crippen LogP contribution in [0.3, 0.4) is 0 Å². The van der Waals surface area contributed by atoms with Crippen molar-refractivity contribution in [3.8, 4) is 0 Å². The first-order chi connectivity index (χ1) is 19.4. The van der Waals surface area contributed by atoms with Gasteiger partial charge < -0.3 is 25.5 Å². The van der Waals surface area contributed by atoms with Crippen LogP contribution in [0.2, 0.25) is 0 Å². The van der Waals surface area contributed by atoms with Crippen LogP contribution in [0, 0.1) is 23.7 Å². The highest BCUT2D eigenvalue weighted by Gasteiger charge is 2.58. The van der Waals surface area contributed by atoms with Gasteiger partial charge in [-0.15, -0.1) is 0 Å². The summed E-state index contributed by atoms with van der Waals surface area (Å²) in [4.78, 5) is 45.2. The number of benzene rings is 2. The average molecular weight is 547 g/mol. The maximum absolute atomic E-state index is 14.3. The Morgan fingerprint density at radius 3 is 2.23 bits per heavy atom. The molecule has 4 rings (SSSR count). The summed E-state index contributed by atoms with van der Waals surface area (Å²) in [6, 6.07) is 15.3. The van der Waals surface area contributed by atoms with Crippen LogP contribution in [-0.2, 0) is 14.4 Å². The molecule has 2 aromatic carbocycles. The molecule has 1 saturated heterocycles. The number of likely N-dealkylation sites (tertiary alicyclic amines) is 1. The largest absolute Gasteiger partial charge is 0.394 e. The number of hydrogen-bond donors (Lipinski definition) is 3. The molecule has 3 amide bonds. The Hall–Kier alpha value is -3.65. The zero-order chi connectivity index (χ0) is 28.8. The van der Waals surface area contributed by atoms with Crippen molar-refractivity contribution in [2.75, 3.05) is 37.0 Å². The van der Waals surface area contributed by atoms with Crippen molar-refractivity contribution in [2.45, 2.75) is 45.7 Å². The molecule has 40 heavy (non-hydrogen) atoms. The highest BCUT2D eigenvalue weighted by molar-refractivity contribution is 6.02. The summed E-state index contributed by atoms with van der Waals surface area (Å²) >= 11 is 0. The van der Waals surface area contributed by atoms with E-state index in [1.54, 1.807) is 7.05 Å². The minimum atomic E-state index is -0.886. The smallest absolute Gasteiger partial charge is 0.247 e. The first kappa shape index (κ1) is 29.3. The van der Waals surface area contributed by atoms with E-state index in [2.05, 4.69) is 36.3 Å². The number of carbonyl (C=O) groups excluding carboxylic acids is 3. The van der Waals surface area contributed by atoms with Crippen molar-refractivity contribution in [2.24, 2.45) is 23.7 Å². The first-order valence-corrected chi connectivity index (χ1v) is 14.4. The lowest BCUT2D eigenvalue weighted by Crippen LogP contribution is -2.47. The van der Waals surface area contributed by atoms with Crippen molar-refractivity contribution in [1.82, 2.24) is 10.2 Å². The molecular formula is C32H42N4O4. The van der Waals surface area contributed by atoms with Crippen LogP contribution >= 0.6 is 0 Å². The standard InChI is InChI=1S/C32H42N4O4/c1-5-11-22-14-19-25-28(27(22)30(38)33-4)32(40)36(26(20-37)21-12-9-8-10-13-21)29(25)31(39)34-23-15-17-24(18-16-23)35(6-2)7-3/h8-10,12-19,22,25-29,37H,5-7,11,20H2,1-4H3,(H,33,38)(H,34,39)/t22-,25+,26-,27-,28-,29+/m1/s1. The van der Waals surface area contributed by atoms with Gasteiger partial charge in [0.05, 0.1) is 24.5 Å². The lowest BCUT2D eigenvalue weighted by atomic mass is 9.68. The zero-order valence-electron chi connectivity index (χ0n) is 23.9. The number of fused-ring (bicyclic) bond motifs is 1. The Labute approximate surface area is 237 Å². The summed E-state index contributed by atoms with van der Waals surface area (Å²) in [6.45, 7) is 7.67. The van der Waals surface area contributed by atoms with Gasteiger partial charge in [-0.05, 0) is 56.0 Å². The van der Waals surface area contributed by atoms with Gasteiger partial charge in [-0.1, -0.05) is 55.8 Å². The molecule has 0 aromatic heterocycles. The highest BCUT2D eigenvalue weighted by Crippen LogP contribution is 2.47. The van der Waals surface area contributed by atoms with Gasteiger partial charge in [0.25, 0.3) is 0 Å². The summed E-state index contributed by atoms with van der Waals surface area (Å²) in [6.07, 6.45) is 5.60. The fourth-order valence-electron chi connectivity index (χ4n) is 6.50. The molecule has 0 spiro atoms. The Balaban J connectivity index is 1.73. The van der Waals surface area contributed by atoms with Gasteiger partial charge in [0.15, 0.2) is 0 Å². The van der Waals surface area contributed by atoms with Crippen LogP contribution in [0.1, 0.15) is 45.2 Å². The number of hydrogen-bond acceptors (Lipinski definition) is 5. The van der Waals surface area contributed by atoms with Crippen LogP contribution < -0.4 is 15.5 Å². The maximum Gasteiger partial charge on any atom is 0.247 e. The summed E-state index contributed by atoms with van der Waals surface area (Å²) in [5, 5.41) is 16.3. The number of carbonyl (C=O) groups is 3. The van der Waals surface area contributed by atoms with Gasteiger partial charge in [0.2, 0.25) is 17.7 Å². The number of allylic oxidation sites excluding steroid dienone is 1. The van der Waals surface area contributed by atoms with E-state index in [-0.39, 0.29) is 30.2 Å². The van der Waals surface area contributed by atoms with Gasteiger partial charge in [0, 0.05) is 37.4 Å². The normalized spacial score (nSPS) is 24.4. The Morgan fingerprint density at radius 1 is 0.975 bits per heavy atom. The number of amides is 3. The summed E-state index contributed by atoms with van der Waals surface area (Å²) in [5.74, 6) is -2.69. The number of nitrogens with zero attached hydrogens (tertiary/aromatic N) is 2. The second-order valence-corrected chi connectivity index (χ2v) is 10.6. The summed E-state index contributed by atoms with van der Waals surface area (Å²) in [7, 11) is 1.59. The lowest BCUT2D eigenvalue weighted by Gasteiger charge is -2.34. The molecular weight excluding hydrogens is 504 g/mol. The van der Waals surface area contributed by atoms with Crippen molar-refractivity contribution >= 4 is 29.1 Å². The predicted molar refractivity (Wildman–Crippen MR) is 158 cm³/mol. The molecule has 3 N–H and O–H groups in total. The van der Waals surface area contributed by atoms with Crippen LogP contribution in [0.4, 0.5) is 11.4 Å². The minimum Gasteiger partial charge on any atom is -0.394 e. The maximum atomic E-state index is 14.3. The molecule has 0 saturated carbocycles. The van der Waals surface area contributed by atoms with Crippen molar-refractivity contribution in [1.29, 1.82) is 0 Å². The van der Waals surface area contributed by atoms with E-state index >= 15 is 0 Å². The molecule has 0 unspecified atom stereocenters. The van der Waals surface area contributed by atoms with Crippen LogP contribution in [0.25, 0.3) is 0 Å². The monoisotopic (exact) mass is 546 g/mol. The lowest BCUT2D eigenvalue weighted by molar-refractivity contribution is -0.143. The third-order valence-corrected chi connectivity index (χ3v) is 8.44. The highest BCUT2D eigenvalue weighted by atomic mass is 16.3. The number of aliphatic hydroxyl groups excluding tert-OH is 1. The van der Waals surface area contributed by atoms with E-state index in [9.17, 15) is 19.5 Å². The summed E-state index contributed by atoms with van der Waals surface area (Å²) in [5.41, 5.74) is 2.43. The van der Waals surface area contributed by atoms with Crippen LogP contribution in [0.15, 0.2) is 66.7 Å². The predicted octanol–water partition coefficient (Wildman–Crippen LogP) is 4.00. The molecule has 2 aromatic rings. The Kier molecular flexibility index (Phi) is 9.63. The topological polar surface area (TPSA) is 102 Å². The molecule has 0 bridgehead atoms. The van der Waals surface area contributed by atoms with E-state index in [1.165, 1.54) is 4.90 Å². The number of rotatable bonds is 11. The van der Waals surface area contributed by atoms with Crippen molar-refractivity contribution in [3.05, 3.63) is 72.3 Å². The molecule has 8 nitrogen and oxygen atoms in total. The van der Waals surface area contributed by atoms with Gasteiger partial charge in [-0.3, -0.25) is 14.4 Å². The summed E-state index contributed by atoms with van der Waals surface area (Å²) < 4.78 is 0. The minimum absolute atomic E-state index is 0.101. The first-order valence-electron chi connectivity index (χ1n) is 14.4. The van der Waals surface area contributed by atoms with Gasteiger partial charge in [-0.2, -0.15) is 0 Å². The molecule has 214 valence electrons. The van der Waals surface area contributed by atoms with E-state index in [4.69, 9.17) is 0 Å². The van der Waals surface area contributed by atoms with E-state index in [1.807, 2.05) is 66.7 Å². The molecule has 1 aliphatic heterocycles. The molecule has 1 heterocycles. The van der Waals surface area contributed by atoms with E-state index < -0.39 is 29.8 Å². The molecule has 8 heteroatoms. The van der Waals surface area contributed by atoms with E-state index in [0.29, 0.717) is 5.69 Å². The third-order valence-electron chi connectivity index (χ3n) is 8.44. The van der Waals surface area contributed by atoms with Gasteiger partial charge in [0.1, 0.15) is 6.04 Å². The van der Waals surface area contributed by atoms with Crippen LogP contribution in [0.5, 0.6) is 0 Å². The van der Waals surface area contributed by atoms with Crippen LogP contribution in [-0.4, -0.2) is 60.5 Å². The number of nitrogens with one attached hydrogen (secondary N) is 2. The molecule has 0 radical (unpaired) electrons. The van der Waals surface area contributed by atoms with Crippen molar-refractivity contribution < 1.29 is 19.5 Å². The Bertz CT molecular complexity index is 1200. The van der Waals surface area contributed by atoms with Crippen molar-refractivity contribution in [3.63, 3.8) is 0 Å². The second kappa shape index (κ2) is 13.1. The average Bonchev–Trinajstić information content (AvgIpc) is 3.27. The molecule has 2 aliphatic rings. The second-order valence-electron chi connectivity index (χ2n) is 10.6. The molecule has 1 fully saturated rings. The fourth-order valence-corrected chi connectivity index (χ4v) is 6.50. The van der Waals surface area contributed by atoms with Gasteiger partial charge >= 0.3 is 0 Å². The molecule has 1 aliphatic carbocycles. The fraction of sp³-hybridized carbons (Fsp3) is 0.469.